The molecule has 8 heteroatoms. The van der Waals surface area contributed by atoms with Gasteiger partial charge in [0, 0.05) is 11.6 Å². The Hall–Kier alpha value is -3.26. The maximum atomic E-state index is 11.9. The van der Waals surface area contributed by atoms with Gasteiger partial charge in [-0.1, -0.05) is 42.4 Å². The fraction of sp³-hybridized carbons (Fsp3) is 0.105. The number of hydrogen-bond donors (Lipinski definition) is 1. The van der Waals surface area contributed by atoms with Crippen LogP contribution in [0.25, 0.3) is 17.5 Å². The summed E-state index contributed by atoms with van der Waals surface area (Å²) in [6.07, 6.45) is 3.03. The minimum atomic E-state index is -3.27. The Bertz CT molecular complexity index is 1060. The second-order valence-electron chi connectivity index (χ2n) is 5.57. The Morgan fingerprint density at radius 2 is 1.78 bits per heavy atom. The second-order valence-corrected chi connectivity index (χ2v) is 7.85. The first-order chi connectivity index (χ1) is 13.0. The quantitative estimate of drug-likeness (QED) is 0.656. The van der Waals surface area contributed by atoms with E-state index in [2.05, 4.69) is 15.5 Å². The summed E-state index contributed by atoms with van der Waals surface area (Å²) in [7, 11) is -3.27. The third kappa shape index (κ3) is 4.68. The first-order valence-electron chi connectivity index (χ1n) is 8.19. The molecule has 0 aliphatic heterocycles. The van der Waals surface area contributed by atoms with Gasteiger partial charge in [-0.25, -0.2) is 8.42 Å². The summed E-state index contributed by atoms with van der Waals surface area (Å²) in [6.45, 7) is 1.59. The smallest absolute Gasteiger partial charge is 0.322 e. The van der Waals surface area contributed by atoms with Gasteiger partial charge in [0.15, 0.2) is 9.84 Å². The number of carbonyl (C=O) groups is 1. The number of sulfone groups is 1. The predicted octanol–water partition coefficient (Wildman–Crippen LogP) is 3.18. The van der Waals surface area contributed by atoms with Crippen LogP contribution in [0.3, 0.4) is 0 Å². The molecule has 0 saturated carbocycles. The van der Waals surface area contributed by atoms with Gasteiger partial charge < -0.3 is 4.42 Å². The molecule has 3 rings (SSSR count). The van der Waals surface area contributed by atoms with Crippen molar-refractivity contribution in [1.29, 1.82) is 0 Å². The highest BCUT2D eigenvalue weighted by Gasteiger charge is 2.14. The molecule has 0 fully saturated rings. The van der Waals surface area contributed by atoms with E-state index in [4.69, 9.17) is 4.42 Å². The third-order valence-corrected chi connectivity index (χ3v) is 5.47. The van der Waals surface area contributed by atoms with Crippen molar-refractivity contribution in [2.75, 3.05) is 11.1 Å². The fourth-order valence-electron chi connectivity index (χ4n) is 2.25. The zero-order valence-electron chi connectivity index (χ0n) is 14.5. The predicted molar refractivity (Wildman–Crippen MR) is 102 cm³/mol. The Morgan fingerprint density at radius 3 is 2.44 bits per heavy atom. The SMILES string of the molecule is CCS(=O)(=O)c1ccc(-c2nnc(NC(=O)/C=C/c3ccccc3)o2)cc1. The number of benzene rings is 2. The standard InChI is InChI=1S/C19H17N3O4S/c1-2-27(24,25)16-11-9-15(10-12-16)18-21-22-19(26-18)20-17(23)13-8-14-6-4-3-5-7-14/h3-13H,2H2,1H3,(H,20,22,23)/b13-8+. The van der Waals surface area contributed by atoms with E-state index < -0.39 is 15.7 Å². The van der Waals surface area contributed by atoms with Gasteiger partial charge in [0.1, 0.15) is 0 Å². The first kappa shape index (κ1) is 18.5. The van der Waals surface area contributed by atoms with E-state index in [1.807, 2.05) is 30.3 Å². The number of rotatable bonds is 6. The van der Waals surface area contributed by atoms with Crippen molar-refractivity contribution in [1.82, 2.24) is 10.2 Å². The lowest BCUT2D eigenvalue weighted by Gasteiger charge is -2.01. The summed E-state index contributed by atoms with van der Waals surface area (Å²) in [5.74, 6) is -0.198. The topological polar surface area (TPSA) is 102 Å². The van der Waals surface area contributed by atoms with Crippen molar-refractivity contribution in [2.24, 2.45) is 0 Å². The summed E-state index contributed by atoms with van der Waals surface area (Å²) in [4.78, 5) is 12.2. The lowest BCUT2D eigenvalue weighted by molar-refractivity contribution is -0.112. The molecule has 138 valence electrons. The molecule has 0 aliphatic carbocycles. The fourth-order valence-corrected chi connectivity index (χ4v) is 3.13. The molecule has 27 heavy (non-hydrogen) atoms. The molecule has 2 aromatic carbocycles. The van der Waals surface area contributed by atoms with Crippen molar-refractivity contribution in [3.8, 4) is 11.5 Å². The van der Waals surface area contributed by atoms with Crippen LogP contribution < -0.4 is 5.32 Å². The minimum Gasteiger partial charge on any atom is -0.403 e. The number of anilines is 1. The maximum absolute atomic E-state index is 11.9. The van der Waals surface area contributed by atoms with Gasteiger partial charge in [0.2, 0.25) is 5.89 Å². The summed E-state index contributed by atoms with van der Waals surface area (Å²) in [6, 6.07) is 15.5. The Labute approximate surface area is 156 Å². The third-order valence-electron chi connectivity index (χ3n) is 3.72. The van der Waals surface area contributed by atoms with E-state index in [-0.39, 0.29) is 22.6 Å². The van der Waals surface area contributed by atoms with Gasteiger partial charge >= 0.3 is 6.01 Å². The van der Waals surface area contributed by atoms with Crippen LogP contribution in [0, 0.1) is 0 Å². The van der Waals surface area contributed by atoms with Crippen molar-refractivity contribution in [3.63, 3.8) is 0 Å². The molecule has 0 atom stereocenters. The van der Waals surface area contributed by atoms with Crippen molar-refractivity contribution >= 4 is 27.8 Å². The highest BCUT2D eigenvalue weighted by atomic mass is 32.2. The number of amides is 1. The average Bonchev–Trinajstić information content (AvgIpc) is 3.15. The molecule has 1 N–H and O–H groups in total. The van der Waals surface area contributed by atoms with Gasteiger partial charge in [-0.15, -0.1) is 5.10 Å². The highest BCUT2D eigenvalue weighted by molar-refractivity contribution is 7.91. The number of aromatic nitrogens is 2. The average molecular weight is 383 g/mol. The van der Waals surface area contributed by atoms with Crippen LogP contribution in [-0.2, 0) is 14.6 Å². The molecule has 3 aromatic rings. The summed E-state index contributed by atoms with van der Waals surface area (Å²) in [5, 5.41) is 10.1. The Balaban J connectivity index is 1.68. The molecule has 0 saturated heterocycles. The van der Waals surface area contributed by atoms with Crippen LogP contribution in [0.2, 0.25) is 0 Å². The molecule has 0 bridgehead atoms. The molecule has 0 spiro atoms. The molecule has 1 heterocycles. The van der Waals surface area contributed by atoms with E-state index in [1.54, 1.807) is 25.1 Å². The van der Waals surface area contributed by atoms with E-state index in [9.17, 15) is 13.2 Å². The molecule has 7 nitrogen and oxygen atoms in total. The molecule has 0 unspecified atom stereocenters. The van der Waals surface area contributed by atoms with E-state index >= 15 is 0 Å². The monoisotopic (exact) mass is 383 g/mol. The molecule has 1 amide bonds. The van der Waals surface area contributed by atoms with Crippen LogP contribution in [-0.4, -0.2) is 30.3 Å². The van der Waals surface area contributed by atoms with E-state index in [0.717, 1.165) is 5.56 Å². The minimum absolute atomic E-state index is 0.0274. The van der Waals surface area contributed by atoms with Crippen LogP contribution >= 0.6 is 0 Å². The van der Waals surface area contributed by atoms with Crippen molar-refractivity contribution in [2.45, 2.75) is 11.8 Å². The summed E-state index contributed by atoms with van der Waals surface area (Å²) in [5.41, 5.74) is 1.44. The van der Waals surface area contributed by atoms with Crippen LogP contribution in [0.4, 0.5) is 6.01 Å². The van der Waals surface area contributed by atoms with Gasteiger partial charge in [0.05, 0.1) is 10.6 Å². The van der Waals surface area contributed by atoms with Gasteiger partial charge in [-0.3, -0.25) is 10.1 Å². The van der Waals surface area contributed by atoms with Crippen LogP contribution in [0.5, 0.6) is 0 Å². The second kappa shape index (κ2) is 7.96. The Morgan fingerprint density at radius 1 is 1.07 bits per heavy atom. The number of nitrogens with one attached hydrogen (secondary N) is 1. The number of carbonyl (C=O) groups excluding carboxylic acids is 1. The van der Waals surface area contributed by atoms with Crippen LogP contribution in [0.15, 0.2) is 70.0 Å². The highest BCUT2D eigenvalue weighted by Crippen LogP contribution is 2.22. The number of nitrogens with zero attached hydrogens (tertiary/aromatic N) is 2. The van der Waals surface area contributed by atoms with E-state index in [0.29, 0.717) is 5.56 Å². The lowest BCUT2D eigenvalue weighted by Crippen LogP contribution is -2.07. The zero-order chi connectivity index (χ0) is 19.3. The first-order valence-corrected chi connectivity index (χ1v) is 9.84. The molecule has 0 radical (unpaired) electrons. The van der Waals surface area contributed by atoms with Gasteiger partial charge in [-0.05, 0) is 35.9 Å². The number of hydrogen-bond acceptors (Lipinski definition) is 6. The maximum Gasteiger partial charge on any atom is 0.322 e. The normalized spacial score (nSPS) is 11.6. The Kier molecular flexibility index (Phi) is 5.46. The molecule has 0 aliphatic rings. The summed E-state index contributed by atoms with van der Waals surface area (Å²) >= 11 is 0. The van der Waals surface area contributed by atoms with Crippen molar-refractivity contribution < 1.29 is 17.6 Å². The lowest BCUT2D eigenvalue weighted by atomic mass is 10.2. The summed E-state index contributed by atoms with van der Waals surface area (Å²) < 4.78 is 29.1. The van der Waals surface area contributed by atoms with Crippen molar-refractivity contribution in [3.05, 3.63) is 66.2 Å². The molecule has 1 aromatic heterocycles. The van der Waals surface area contributed by atoms with Gasteiger partial charge in [-0.2, -0.15) is 0 Å². The van der Waals surface area contributed by atoms with Gasteiger partial charge in [0.25, 0.3) is 5.91 Å². The largest absolute Gasteiger partial charge is 0.403 e. The molecular formula is C19H17N3O4S. The molecular weight excluding hydrogens is 366 g/mol. The zero-order valence-corrected chi connectivity index (χ0v) is 15.3. The van der Waals surface area contributed by atoms with E-state index in [1.165, 1.54) is 18.2 Å². The van der Waals surface area contributed by atoms with Crippen LogP contribution in [0.1, 0.15) is 12.5 Å².